The zero-order valence-corrected chi connectivity index (χ0v) is 13.9. The van der Waals surface area contributed by atoms with Gasteiger partial charge in [-0.3, -0.25) is 4.40 Å². The molecule has 0 fully saturated rings. The highest BCUT2D eigenvalue weighted by molar-refractivity contribution is 7.99. The number of aryl methyl sites for hydroxylation is 1. The van der Waals surface area contributed by atoms with Crippen LogP contribution in [-0.4, -0.2) is 30.7 Å². The van der Waals surface area contributed by atoms with Gasteiger partial charge in [0.2, 0.25) is 0 Å². The summed E-state index contributed by atoms with van der Waals surface area (Å²) in [5.41, 5.74) is 1.18. The van der Waals surface area contributed by atoms with Crippen molar-refractivity contribution in [2.45, 2.75) is 30.6 Å². The van der Waals surface area contributed by atoms with Crippen molar-refractivity contribution in [3.63, 3.8) is 0 Å². The van der Waals surface area contributed by atoms with E-state index in [4.69, 9.17) is 4.98 Å². The second-order valence-electron chi connectivity index (χ2n) is 5.27. The van der Waals surface area contributed by atoms with Gasteiger partial charge in [0.1, 0.15) is 11.4 Å². The Morgan fingerprint density at radius 3 is 3.00 bits per heavy atom. The maximum Gasteiger partial charge on any atom is 0.197 e. The molecule has 3 aromatic heterocycles. The third-order valence-corrected chi connectivity index (χ3v) is 4.86. The second kappa shape index (κ2) is 6.17. The number of nitrogens with zero attached hydrogens (tertiary/aromatic N) is 5. The molecule has 6 nitrogen and oxygen atoms in total. The zero-order chi connectivity index (χ0) is 14.8. The van der Waals surface area contributed by atoms with E-state index in [0.29, 0.717) is 5.92 Å². The predicted octanol–water partition coefficient (Wildman–Crippen LogP) is 2.42. The van der Waals surface area contributed by atoms with Crippen LogP contribution in [0.2, 0.25) is 0 Å². The molecule has 112 valence electrons. The van der Waals surface area contributed by atoms with Crippen LogP contribution in [0.25, 0.3) is 4.96 Å². The maximum absolute atomic E-state index is 4.71. The standard InChI is InChI=1S/C13H18N6S2/c1-9(2)6-14-7-10-11(16-12-19(10)4-5-20-12)21-13-17-15-8-18(13)3/h4-5,8-9,14H,6-7H2,1-3H3. The van der Waals surface area contributed by atoms with E-state index in [0.717, 1.165) is 28.2 Å². The van der Waals surface area contributed by atoms with Gasteiger partial charge in [-0.15, -0.1) is 21.5 Å². The molecule has 8 heteroatoms. The SMILES string of the molecule is CC(C)CNCc1c(Sc2nncn2C)nc2sccn12. The molecule has 0 bridgehead atoms. The van der Waals surface area contributed by atoms with Crippen molar-refractivity contribution in [2.24, 2.45) is 13.0 Å². The Kier molecular flexibility index (Phi) is 4.27. The highest BCUT2D eigenvalue weighted by Crippen LogP contribution is 2.30. The third kappa shape index (κ3) is 3.12. The summed E-state index contributed by atoms with van der Waals surface area (Å²) in [7, 11) is 1.94. The van der Waals surface area contributed by atoms with Crippen LogP contribution in [0.15, 0.2) is 28.1 Å². The van der Waals surface area contributed by atoms with E-state index in [1.165, 1.54) is 5.69 Å². The number of thiazole rings is 1. The molecule has 0 radical (unpaired) electrons. The highest BCUT2D eigenvalue weighted by Gasteiger charge is 2.16. The number of hydrogen-bond acceptors (Lipinski definition) is 6. The lowest BCUT2D eigenvalue weighted by Crippen LogP contribution is -2.20. The molecule has 0 spiro atoms. The predicted molar refractivity (Wildman–Crippen MR) is 84.7 cm³/mol. The minimum atomic E-state index is 0.630. The molecule has 0 aliphatic heterocycles. The number of fused-ring (bicyclic) bond motifs is 1. The Morgan fingerprint density at radius 1 is 1.43 bits per heavy atom. The van der Waals surface area contributed by atoms with Gasteiger partial charge in [0.05, 0.1) is 5.69 Å². The number of hydrogen-bond donors (Lipinski definition) is 1. The molecule has 0 aliphatic carbocycles. The number of imidazole rings is 1. The zero-order valence-electron chi connectivity index (χ0n) is 12.3. The van der Waals surface area contributed by atoms with Gasteiger partial charge in [-0.1, -0.05) is 13.8 Å². The molecular weight excluding hydrogens is 304 g/mol. The van der Waals surface area contributed by atoms with Gasteiger partial charge < -0.3 is 9.88 Å². The molecule has 0 atom stereocenters. The van der Waals surface area contributed by atoms with Gasteiger partial charge in [-0.05, 0) is 24.2 Å². The number of aromatic nitrogens is 5. The quantitative estimate of drug-likeness (QED) is 0.755. The Balaban J connectivity index is 1.86. The average Bonchev–Trinajstić information content (AvgIpc) is 3.10. The van der Waals surface area contributed by atoms with E-state index in [-0.39, 0.29) is 0 Å². The van der Waals surface area contributed by atoms with Gasteiger partial charge in [0, 0.05) is 25.2 Å². The number of rotatable bonds is 6. The third-order valence-electron chi connectivity index (χ3n) is 3.03. The van der Waals surface area contributed by atoms with Gasteiger partial charge in [0.15, 0.2) is 10.1 Å². The van der Waals surface area contributed by atoms with Crippen molar-refractivity contribution in [3.05, 3.63) is 23.6 Å². The topological polar surface area (TPSA) is 60.0 Å². The van der Waals surface area contributed by atoms with Crippen LogP contribution in [0.1, 0.15) is 19.5 Å². The minimum Gasteiger partial charge on any atom is -0.311 e. The Hall–Kier alpha value is -1.38. The molecular formula is C13H18N6S2. The molecule has 0 saturated carbocycles. The van der Waals surface area contributed by atoms with Crippen molar-refractivity contribution in [2.75, 3.05) is 6.54 Å². The van der Waals surface area contributed by atoms with Crippen LogP contribution in [0.4, 0.5) is 0 Å². The lowest BCUT2D eigenvalue weighted by atomic mass is 10.2. The minimum absolute atomic E-state index is 0.630. The first-order chi connectivity index (χ1) is 10.1. The van der Waals surface area contributed by atoms with Crippen molar-refractivity contribution >= 4 is 28.1 Å². The Bertz CT molecular complexity index is 726. The molecule has 0 saturated heterocycles. The summed E-state index contributed by atoms with van der Waals surface area (Å²) in [6.07, 6.45) is 3.78. The van der Waals surface area contributed by atoms with Crippen molar-refractivity contribution in [3.8, 4) is 0 Å². The normalized spacial score (nSPS) is 11.8. The Morgan fingerprint density at radius 2 is 2.29 bits per heavy atom. The maximum atomic E-state index is 4.71. The van der Waals surface area contributed by atoms with Crippen LogP contribution in [-0.2, 0) is 13.6 Å². The summed E-state index contributed by atoms with van der Waals surface area (Å²) in [6.45, 7) is 6.21. The lowest BCUT2D eigenvalue weighted by Gasteiger charge is -2.08. The number of nitrogens with one attached hydrogen (secondary N) is 1. The molecule has 3 rings (SSSR count). The van der Waals surface area contributed by atoms with Crippen LogP contribution >= 0.6 is 23.1 Å². The lowest BCUT2D eigenvalue weighted by molar-refractivity contribution is 0.544. The summed E-state index contributed by atoms with van der Waals surface area (Å²) in [6, 6.07) is 0. The van der Waals surface area contributed by atoms with Crippen LogP contribution in [0.5, 0.6) is 0 Å². The molecule has 0 aliphatic rings. The fraction of sp³-hybridized carbons (Fsp3) is 0.462. The highest BCUT2D eigenvalue weighted by atomic mass is 32.2. The average molecular weight is 322 g/mol. The molecule has 0 amide bonds. The summed E-state index contributed by atoms with van der Waals surface area (Å²) in [4.78, 5) is 5.72. The summed E-state index contributed by atoms with van der Waals surface area (Å²) >= 11 is 3.21. The molecule has 3 aromatic rings. The van der Waals surface area contributed by atoms with Crippen molar-refractivity contribution < 1.29 is 0 Å². The van der Waals surface area contributed by atoms with Gasteiger partial charge in [-0.2, -0.15) is 0 Å². The Labute approximate surface area is 131 Å². The van der Waals surface area contributed by atoms with E-state index in [2.05, 4.69) is 45.3 Å². The second-order valence-corrected chi connectivity index (χ2v) is 7.10. The van der Waals surface area contributed by atoms with Crippen LogP contribution in [0.3, 0.4) is 0 Å². The smallest absolute Gasteiger partial charge is 0.197 e. The molecule has 21 heavy (non-hydrogen) atoms. The van der Waals surface area contributed by atoms with Crippen molar-refractivity contribution in [1.29, 1.82) is 0 Å². The van der Waals surface area contributed by atoms with E-state index in [9.17, 15) is 0 Å². The first-order valence-electron chi connectivity index (χ1n) is 6.82. The molecule has 0 unspecified atom stereocenters. The van der Waals surface area contributed by atoms with Crippen molar-refractivity contribution in [1.82, 2.24) is 29.5 Å². The first kappa shape index (κ1) is 14.6. The van der Waals surface area contributed by atoms with Crippen LogP contribution < -0.4 is 5.32 Å². The molecule has 0 aromatic carbocycles. The van der Waals surface area contributed by atoms with Crippen LogP contribution in [0, 0.1) is 5.92 Å². The van der Waals surface area contributed by atoms with Gasteiger partial charge in [-0.25, -0.2) is 4.98 Å². The van der Waals surface area contributed by atoms with Gasteiger partial charge in [0.25, 0.3) is 0 Å². The van der Waals surface area contributed by atoms with E-state index >= 15 is 0 Å². The fourth-order valence-corrected chi connectivity index (χ4v) is 3.65. The van der Waals surface area contributed by atoms with E-state index in [1.54, 1.807) is 29.4 Å². The fourth-order valence-electron chi connectivity index (χ4n) is 1.99. The summed E-state index contributed by atoms with van der Waals surface area (Å²) in [5, 5.41) is 15.4. The monoisotopic (exact) mass is 322 g/mol. The van der Waals surface area contributed by atoms with Gasteiger partial charge >= 0.3 is 0 Å². The van der Waals surface area contributed by atoms with E-state index < -0.39 is 0 Å². The largest absolute Gasteiger partial charge is 0.311 e. The molecule has 1 N–H and O–H groups in total. The molecule has 3 heterocycles. The summed E-state index contributed by atoms with van der Waals surface area (Å²) in [5.74, 6) is 0.630. The van der Waals surface area contributed by atoms with E-state index in [1.807, 2.05) is 11.6 Å². The first-order valence-corrected chi connectivity index (χ1v) is 8.51. The summed E-state index contributed by atoms with van der Waals surface area (Å²) < 4.78 is 4.06.